The molecule has 5 rings (SSSR count). The molecule has 1 aliphatic carbocycles. The van der Waals surface area contributed by atoms with Crippen molar-refractivity contribution in [2.75, 3.05) is 5.32 Å². The Hall–Kier alpha value is -3.49. The third kappa shape index (κ3) is 4.03. The summed E-state index contributed by atoms with van der Waals surface area (Å²) in [6, 6.07) is 20.2. The Morgan fingerprint density at radius 1 is 1.21 bits per heavy atom. The van der Waals surface area contributed by atoms with Gasteiger partial charge < -0.3 is 5.32 Å². The number of aromatic nitrogens is 1. The zero-order chi connectivity index (χ0) is 22.9. The molecule has 0 spiro atoms. The first-order valence-electron chi connectivity index (χ1n) is 11.4. The fourth-order valence-electron chi connectivity index (χ4n) is 4.55. The Balaban J connectivity index is 1.55. The van der Waals surface area contributed by atoms with Crippen LogP contribution in [-0.4, -0.2) is 10.9 Å². The summed E-state index contributed by atoms with van der Waals surface area (Å²) in [5.74, 6) is 0.403. The number of carbonyl (C=O) groups is 1. The van der Waals surface area contributed by atoms with Crippen LogP contribution in [0.2, 0.25) is 0 Å². The maximum absolute atomic E-state index is 13.5. The van der Waals surface area contributed by atoms with E-state index in [-0.39, 0.29) is 5.91 Å². The number of carbonyl (C=O) groups excluding carboxylic acids is 1. The van der Waals surface area contributed by atoms with Crippen molar-refractivity contribution >= 4 is 33.1 Å². The number of nitrogens with one attached hydrogen (secondary N) is 1. The van der Waals surface area contributed by atoms with Gasteiger partial charge in [0.15, 0.2) is 0 Å². The van der Waals surface area contributed by atoms with Gasteiger partial charge in [0, 0.05) is 15.8 Å². The van der Waals surface area contributed by atoms with Crippen LogP contribution in [0.1, 0.15) is 52.2 Å². The number of benzene rings is 2. The molecule has 0 saturated carbocycles. The van der Waals surface area contributed by atoms with Crippen LogP contribution in [0.3, 0.4) is 0 Å². The van der Waals surface area contributed by atoms with E-state index in [1.165, 1.54) is 10.4 Å². The van der Waals surface area contributed by atoms with Crippen molar-refractivity contribution in [2.45, 2.75) is 39.5 Å². The highest BCUT2D eigenvalue weighted by Crippen LogP contribution is 2.39. The van der Waals surface area contributed by atoms with Crippen molar-refractivity contribution < 1.29 is 4.79 Å². The minimum atomic E-state index is -0.205. The number of hydrogen-bond donors (Lipinski definition) is 1. The summed E-state index contributed by atoms with van der Waals surface area (Å²) in [5.41, 5.74) is 6.10. The molecule has 0 fully saturated rings. The molecule has 2 heterocycles. The molecule has 4 nitrogen and oxygen atoms in total. The fraction of sp³-hybridized carbons (Fsp3) is 0.250. The second-order valence-electron chi connectivity index (χ2n) is 8.74. The van der Waals surface area contributed by atoms with Gasteiger partial charge in [-0.25, -0.2) is 4.98 Å². The highest BCUT2D eigenvalue weighted by molar-refractivity contribution is 7.16. The molecule has 33 heavy (non-hydrogen) atoms. The number of fused-ring (bicyclic) bond motifs is 2. The van der Waals surface area contributed by atoms with Gasteiger partial charge in [0.25, 0.3) is 5.91 Å². The Labute approximate surface area is 197 Å². The molecule has 0 saturated heterocycles. The summed E-state index contributed by atoms with van der Waals surface area (Å²) >= 11 is 1.55. The van der Waals surface area contributed by atoms with Crippen LogP contribution in [0.15, 0.2) is 54.6 Å². The second-order valence-corrected chi connectivity index (χ2v) is 9.85. The molecule has 2 aromatic heterocycles. The summed E-state index contributed by atoms with van der Waals surface area (Å²) < 4.78 is 0. The third-order valence-corrected chi connectivity index (χ3v) is 7.64. The Morgan fingerprint density at radius 2 is 2.00 bits per heavy atom. The number of nitrogens with zero attached hydrogens (tertiary/aromatic N) is 2. The van der Waals surface area contributed by atoms with Crippen molar-refractivity contribution in [3.63, 3.8) is 0 Å². The Kier molecular flexibility index (Phi) is 5.70. The number of pyridine rings is 1. The predicted molar refractivity (Wildman–Crippen MR) is 135 cm³/mol. The van der Waals surface area contributed by atoms with Gasteiger partial charge in [-0.2, -0.15) is 5.26 Å². The molecular formula is C28H25N3OS. The number of aryl methyl sites for hydroxylation is 1. The number of thiophene rings is 1. The molecule has 164 valence electrons. The van der Waals surface area contributed by atoms with Gasteiger partial charge in [0.05, 0.1) is 22.3 Å². The number of hydrogen-bond acceptors (Lipinski definition) is 4. The molecule has 1 aliphatic rings. The second kappa shape index (κ2) is 8.80. The average molecular weight is 452 g/mol. The zero-order valence-corrected chi connectivity index (χ0v) is 19.6. The van der Waals surface area contributed by atoms with E-state index in [2.05, 4.69) is 49.5 Å². The summed E-state index contributed by atoms with van der Waals surface area (Å²) in [6.45, 7) is 4.37. The molecule has 4 aromatic rings. The van der Waals surface area contributed by atoms with Crippen molar-refractivity contribution in [1.29, 1.82) is 5.26 Å². The van der Waals surface area contributed by atoms with Crippen LogP contribution in [0.25, 0.3) is 22.2 Å². The molecule has 2 aromatic carbocycles. The third-order valence-electron chi connectivity index (χ3n) is 6.47. The maximum Gasteiger partial charge on any atom is 0.257 e. The van der Waals surface area contributed by atoms with Gasteiger partial charge in [-0.15, -0.1) is 11.3 Å². The van der Waals surface area contributed by atoms with Crippen molar-refractivity contribution in [3.8, 4) is 17.3 Å². The van der Waals surface area contributed by atoms with E-state index >= 15 is 0 Å². The van der Waals surface area contributed by atoms with Gasteiger partial charge >= 0.3 is 0 Å². The topological polar surface area (TPSA) is 65.8 Å². The highest BCUT2D eigenvalue weighted by atomic mass is 32.1. The predicted octanol–water partition coefficient (Wildman–Crippen LogP) is 6.77. The van der Waals surface area contributed by atoms with Crippen LogP contribution in [0.5, 0.6) is 0 Å². The maximum atomic E-state index is 13.5. The molecular weight excluding hydrogens is 426 g/mol. The first kappa shape index (κ1) is 21.4. The number of nitriles is 1. The van der Waals surface area contributed by atoms with E-state index in [0.29, 0.717) is 22.0 Å². The molecule has 5 heteroatoms. The minimum Gasteiger partial charge on any atom is -0.312 e. The van der Waals surface area contributed by atoms with E-state index in [0.717, 1.165) is 53.4 Å². The van der Waals surface area contributed by atoms with Gasteiger partial charge in [0.1, 0.15) is 11.1 Å². The van der Waals surface area contributed by atoms with Gasteiger partial charge in [0.2, 0.25) is 0 Å². The van der Waals surface area contributed by atoms with Crippen molar-refractivity contribution in [2.24, 2.45) is 5.92 Å². The summed E-state index contributed by atoms with van der Waals surface area (Å²) in [6.07, 6.45) is 3.94. The van der Waals surface area contributed by atoms with E-state index < -0.39 is 0 Å². The Morgan fingerprint density at radius 3 is 2.76 bits per heavy atom. The monoisotopic (exact) mass is 451 g/mol. The highest BCUT2D eigenvalue weighted by Gasteiger charge is 2.25. The van der Waals surface area contributed by atoms with Crippen molar-refractivity contribution in [1.82, 2.24) is 4.98 Å². The summed E-state index contributed by atoms with van der Waals surface area (Å²) in [4.78, 5) is 19.6. The minimum absolute atomic E-state index is 0.205. The van der Waals surface area contributed by atoms with Crippen LogP contribution >= 0.6 is 11.3 Å². The standard InChI is InChI=1S/C28H25N3OS/c1-3-18-9-11-19(12-10-18)25-15-22(20-6-4-5-7-24(20)30-25)27(32)31-28-23(16-29)21-13-8-17(2)14-26(21)33-28/h4-7,9-12,15,17H,3,8,13-14H2,1-2H3,(H,31,32). The van der Waals surface area contributed by atoms with Crippen LogP contribution in [-0.2, 0) is 19.3 Å². The molecule has 1 amide bonds. The van der Waals surface area contributed by atoms with E-state index in [4.69, 9.17) is 4.98 Å². The molecule has 0 aliphatic heterocycles. The summed E-state index contributed by atoms with van der Waals surface area (Å²) in [7, 11) is 0. The number of rotatable bonds is 4. The molecule has 1 N–H and O–H groups in total. The van der Waals surface area contributed by atoms with Gasteiger partial charge in [-0.05, 0) is 54.9 Å². The zero-order valence-electron chi connectivity index (χ0n) is 18.8. The lowest BCUT2D eigenvalue weighted by molar-refractivity contribution is 0.102. The summed E-state index contributed by atoms with van der Waals surface area (Å²) in [5, 5.41) is 14.3. The number of anilines is 1. The molecule has 1 unspecified atom stereocenters. The van der Waals surface area contributed by atoms with Gasteiger partial charge in [-0.3, -0.25) is 4.79 Å². The van der Waals surface area contributed by atoms with Crippen LogP contribution in [0, 0.1) is 17.2 Å². The van der Waals surface area contributed by atoms with Crippen molar-refractivity contribution in [3.05, 3.63) is 81.7 Å². The molecule has 1 atom stereocenters. The van der Waals surface area contributed by atoms with Crippen LogP contribution < -0.4 is 5.32 Å². The number of para-hydroxylation sites is 1. The lowest BCUT2D eigenvalue weighted by atomic mass is 9.88. The number of amides is 1. The smallest absolute Gasteiger partial charge is 0.257 e. The normalized spacial score (nSPS) is 15.1. The largest absolute Gasteiger partial charge is 0.312 e. The van der Waals surface area contributed by atoms with E-state index in [9.17, 15) is 10.1 Å². The lowest BCUT2D eigenvalue weighted by Crippen LogP contribution is -2.13. The van der Waals surface area contributed by atoms with Gasteiger partial charge in [-0.1, -0.05) is 56.3 Å². The average Bonchev–Trinajstić information content (AvgIpc) is 3.19. The molecule has 0 radical (unpaired) electrons. The molecule has 0 bridgehead atoms. The SMILES string of the molecule is CCc1ccc(-c2cc(C(=O)Nc3sc4c(c3C#N)CCC(C)C4)c3ccccc3n2)cc1. The van der Waals surface area contributed by atoms with E-state index in [1.54, 1.807) is 11.3 Å². The Bertz CT molecular complexity index is 1400. The first-order chi connectivity index (χ1) is 16.1. The lowest BCUT2D eigenvalue weighted by Gasteiger charge is -2.17. The fourth-order valence-corrected chi connectivity index (χ4v) is 5.91. The quantitative estimate of drug-likeness (QED) is 0.372. The first-order valence-corrected chi connectivity index (χ1v) is 12.2. The van der Waals surface area contributed by atoms with E-state index in [1.807, 2.05) is 30.3 Å². The van der Waals surface area contributed by atoms with Crippen LogP contribution in [0.4, 0.5) is 5.00 Å².